The lowest BCUT2D eigenvalue weighted by Gasteiger charge is -2.27. The van der Waals surface area contributed by atoms with Gasteiger partial charge in [0.2, 0.25) is 5.91 Å². The van der Waals surface area contributed by atoms with E-state index in [2.05, 4.69) is 33.5 Å². The Balaban J connectivity index is 1.91. The molecule has 2 unspecified atom stereocenters. The van der Waals surface area contributed by atoms with E-state index in [0.29, 0.717) is 11.6 Å². The molecule has 0 radical (unpaired) electrons. The van der Waals surface area contributed by atoms with Gasteiger partial charge in [0.05, 0.1) is 0 Å². The smallest absolute Gasteiger partial charge is 0.223 e. The predicted molar refractivity (Wildman–Crippen MR) is 76.1 cm³/mol. The highest BCUT2D eigenvalue weighted by Crippen LogP contribution is 2.18. The molecule has 1 amide bonds. The number of carbonyl (C=O) groups is 1. The fourth-order valence-electron chi connectivity index (χ4n) is 2.38. The highest BCUT2D eigenvalue weighted by Gasteiger charge is 2.24. The maximum atomic E-state index is 13.5. The summed E-state index contributed by atoms with van der Waals surface area (Å²) in [6, 6.07) is 5.11. The lowest BCUT2D eigenvalue weighted by Crippen LogP contribution is -2.42. The largest absolute Gasteiger partial charge is 0.352 e. The van der Waals surface area contributed by atoms with Crippen molar-refractivity contribution in [3.63, 3.8) is 0 Å². The van der Waals surface area contributed by atoms with Crippen molar-refractivity contribution in [3.05, 3.63) is 34.1 Å². The molecule has 5 heteroatoms. The summed E-state index contributed by atoms with van der Waals surface area (Å²) in [6.45, 7) is 3.18. The van der Waals surface area contributed by atoms with Crippen molar-refractivity contribution in [1.82, 2.24) is 10.6 Å². The Kier molecular flexibility index (Phi) is 4.93. The fraction of sp³-hybridized carbons (Fsp3) is 0.500. The van der Waals surface area contributed by atoms with Crippen molar-refractivity contribution in [2.24, 2.45) is 5.92 Å². The number of hydrogen-bond donors (Lipinski definition) is 2. The van der Waals surface area contributed by atoms with Crippen LogP contribution in [-0.2, 0) is 11.3 Å². The maximum absolute atomic E-state index is 13.5. The molecule has 104 valence electrons. The molecule has 0 aliphatic carbocycles. The Morgan fingerprint density at radius 2 is 2.37 bits per heavy atom. The van der Waals surface area contributed by atoms with Crippen molar-refractivity contribution < 1.29 is 9.18 Å². The van der Waals surface area contributed by atoms with Gasteiger partial charge in [0.15, 0.2) is 0 Å². The summed E-state index contributed by atoms with van der Waals surface area (Å²) in [4.78, 5) is 12.0. The van der Waals surface area contributed by atoms with Gasteiger partial charge in [0.25, 0.3) is 0 Å². The number of nitrogens with one attached hydrogen (secondary N) is 2. The summed E-state index contributed by atoms with van der Waals surface area (Å²) in [5.74, 6) is -0.235. The number of hydrogen-bond acceptors (Lipinski definition) is 2. The molecule has 0 aromatic heterocycles. The molecule has 2 N–H and O–H groups in total. The molecule has 19 heavy (non-hydrogen) atoms. The zero-order chi connectivity index (χ0) is 13.8. The number of amides is 1. The van der Waals surface area contributed by atoms with Gasteiger partial charge in [-0.25, -0.2) is 4.39 Å². The predicted octanol–water partition coefficient (Wildman–Crippen LogP) is 2.59. The maximum Gasteiger partial charge on any atom is 0.223 e. The fourth-order valence-corrected chi connectivity index (χ4v) is 2.78. The number of halogens is 2. The van der Waals surface area contributed by atoms with E-state index in [9.17, 15) is 9.18 Å². The van der Waals surface area contributed by atoms with Gasteiger partial charge >= 0.3 is 0 Å². The summed E-state index contributed by atoms with van der Waals surface area (Å²) < 4.78 is 14.4. The minimum atomic E-state index is -0.290. The molecule has 3 nitrogen and oxygen atoms in total. The Morgan fingerprint density at radius 1 is 1.58 bits per heavy atom. The summed E-state index contributed by atoms with van der Waals surface area (Å²) in [5.41, 5.74) is 0.504. The van der Waals surface area contributed by atoms with Crippen molar-refractivity contribution in [2.45, 2.75) is 32.4 Å². The van der Waals surface area contributed by atoms with E-state index in [-0.39, 0.29) is 24.2 Å². The second-order valence-corrected chi connectivity index (χ2v) is 5.95. The van der Waals surface area contributed by atoms with E-state index in [4.69, 9.17) is 0 Å². The van der Waals surface area contributed by atoms with Crippen molar-refractivity contribution in [3.8, 4) is 0 Å². The Hall–Kier alpha value is -0.940. The van der Waals surface area contributed by atoms with Gasteiger partial charge < -0.3 is 10.6 Å². The van der Waals surface area contributed by atoms with E-state index in [0.717, 1.165) is 23.9 Å². The van der Waals surface area contributed by atoms with E-state index in [1.165, 1.54) is 6.07 Å². The molecule has 2 rings (SSSR count). The average molecular weight is 329 g/mol. The Labute approximate surface area is 121 Å². The zero-order valence-corrected chi connectivity index (χ0v) is 12.5. The van der Waals surface area contributed by atoms with Crippen molar-refractivity contribution >= 4 is 21.8 Å². The topological polar surface area (TPSA) is 41.1 Å². The quantitative estimate of drug-likeness (QED) is 0.895. The molecule has 1 aliphatic heterocycles. The summed E-state index contributed by atoms with van der Waals surface area (Å²) in [5, 5.41) is 6.14. The lowest BCUT2D eigenvalue weighted by atomic mass is 9.92. The first kappa shape index (κ1) is 14.5. The van der Waals surface area contributed by atoms with Crippen LogP contribution in [0.2, 0.25) is 0 Å². The van der Waals surface area contributed by atoms with Gasteiger partial charge in [-0.15, -0.1) is 0 Å². The number of piperidine rings is 1. The Bertz CT molecular complexity index is 467. The molecule has 1 aromatic rings. The average Bonchev–Trinajstić information content (AvgIpc) is 2.39. The molecule has 0 saturated carbocycles. The van der Waals surface area contributed by atoms with E-state index in [1.54, 1.807) is 12.1 Å². The van der Waals surface area contributed by atoms with Gasteiger partial charge in [-0.1, -0.05) is 15.9 Å². The lowest BCUT2D eigenvalue weighted by molar-refractivity contribution is -0.126. The first-order valence-corrected chi connectivity index (χ1v) is 7.30. The van der Waals surface area contributed by atoms with E-state index < -0.39 is 0 Å². The first-order chi connectivity index (χ1) is 9.06. The molecular formula is C14H18BrFN2O. The second-order valence-electron chi connectivity index (χ2n) is 5.03. The van der Waals surface area contributed by atoms with Crippen LogP contribution in [0.25, 0.3) is 0 Å². The molecular weight excluding hydrogens is 311 g/mol. The minimum absolute atomic E-state index is 0.0210. The van der Waals surface area contributed by atoms with Crippen LogP contribution in [0.15, 0.2) is 22.7 Å². The first-order valence-electron chi connectivity index (χ1n) is 6.51. The van der Waals surface area contributed by atoms with Crippen LogP contribution in [0.4, 0.5) is 4.39 Å². The summed E-state index contributed by atoms with van der Waals surface area (Å²) in [7, 11) is 0. The minimum Gasteiger partial charge on any atom is -0.352 e. The summed E-state index contributed by atoms with van der Waals surface area (Å²) in [6.07, 6.45) is 1.68. The third-order valence-electron chi connectivity index (χ3n) is 3.46. The summed E-state index contributed by atoms with van der Waals surface area (Å²) >= 11 is 3.30. The molecule has 1 fully saturated rings. The van der Waals surface area contributed by atoms with Gasteiger partial charge in [-0.2, -0.15) is 0 Å². The molecule has 1 aromatic carbocycles. The van der Waals surface area contributed by atoms with Crippen LogP contribution in [-0.4, -0.2) is 18.5 Å². The van der Waals surface area contributed by atoms with Crippen LogP contribution >= 0.6 is 15.9 Å². The standard InChI is InChI=1S/C14H18BrFN2O/c1-9-6-10(4-5-17-9)14(19)18-8-11-7-12(15)2-3-13(11)16/h2-3,7,9-10,17H,4-6,8H2,1H3,(H,18,19). The van der Waals surface area contributed by atoms with Crippen LogP contribution in [0, 0.1) is 11.7 Å². The third kappa shape index (κ3) is 4.01. The molecule has 1 aliphatic rings. The van der Waals surface area contributed by atoms with Gasteiger partial charge in [0, 0.05) is 28.5 Å². The second kappa shape index (κ2) is 6.48. The molecule has 0 spiro atoms. The third-order valence-corrected chi connectivity index (χ3v) is 3.95. The van der Waals surface area contributed by atoms with E-state index in [1.807, 2.05) is 0 Å². The van der Waals surface area contributed by atoms with Gasteiger partial charge in [-0.3, -0.25) is 4.79 Å². The highest BCUT2D eigenvalue weighted by atomic mass is 79.9. The molecule has 0 bridgehead atoms. The van der Waals surface area contributed by atoms with Crippen LogP contribution in [0.5, 0.6) is 0 Å². The monoisotopic (exact) mass is 328 g/mol. The van der Waals surface area contributed by atoms with Crippen molar-refractivity contribution in [1.29, 1.82) is 0 Å². The molecule has 1 saturated heterocycles. The normalized spacial score (nSPS) is 23.1. The van der Waals surface area contributed by atoms with Crippen LogP contribution in [0.1, 0.15) is 25.3 Å². The van der Waals surface area contributed by atoms with Gasteiger partial charge in [-0.05, 0) is 44.5 Å². The highest BCUT2D eigenvalue weighted by molar-refractivity contribution is 9.10. The molecule has 2 atom stereocenters. The van der Waals surface area contributed by atoms with Crippen LogP contribution < -0.4 is 10.6 Å². The van der Waals surface area contributed by atoms with E-state index >= 15 is 0 Å². The van der Waals surface area contributed by atoms with Crippen LogP contribution in [0.3, 0.4) is 0 Å². The molecule has 1 heterocycles. The SMILES string of the molecule is CC1CC(C(=O)NCc2cc(Br)ccc2F)CCN1. The van der Waals surface area contributed by atoms with Crippen molar-refractivity contribution in [2.75, 3.05) is 6.54 Å². The number of rotatable bonds is 3. The zero-order valence-electron chi connectivity index (χ0n) is 10.9. The number of benzene rings is 1. The van der Waals surface area contributed by atoms with Gasteiger partial charge in [0.1, 0.15) is 5.82 Å². The Morgan fingerprint density at radius 3 is 3.11 bits per heavy atom. The number of carbonyl (C=O) groups excluding carboxylic acids is 1.